The molecule has 2 heterocycles. The second-order valence-corrected chi connectivity index (χ2v) is 4.91. The van der Waals surface area contributed by atoms with E-state index in [1.165, 1.54) is 9.70 Å². The molecule has 0 atom stereocenters. The number of fused-ring (bicyclic) bond motifs is 1. The summed E-state index contributed by atoms with van der Waals surface area (Å²) in [4.78, 5) is 26.5. The SMILES string of the molecule is Cn1nnc(CN2C(=O)C(=O)c3cccc(Br)c32)n1. The number of ketones is 1. The van der Waals surface area contributed by atoms with E-state index in [0.717, 1.165) is 0 Å². The molecule has 0 spiro atoms. The summed E-state index contributed by atoms with van der Waals surface area (Å²) in [5.74, 6) is -0.707. The van der Waals surface area contributed by atoms with Crippen molar-refractivity contribution in [2.75, 3.05) is 4.90 Å². The summed E-state index contributed by atoms with van der Waals surface area (Å²) in [6.45, 7) is 0.119. The molecule has 1 aromatic heterocycles. The lowest BCUT2D eigenvalue weighted by Crippen LogP contribution is -2.29. The second kappa shape index (κ2) is 4.23. The lowest BCUT2D eigenvalue weighted by Gasteiger charge is -2.15. The number of nitrogens with zero attached hydrogens (tertiary/aromatic N) is 5. The summed E-state index contributed by atoms with van der Waals surface area (Å²) in [5.41, 5.74) is 0.952. The Balaban J connectivity index is 2.04. The van der Waals surface area contributed by atoms with Gasteiger partial charge in [-0.1, -0.05) is 6.07 Å². The number of carbonyl (C=O) groups is 2. The van der Waals surface area contributed by atoms with Crippen molar-refractivity contribution in [3.8, 4) is 0 Å². The Bertz CT molecular complexity index is 696. The normalized spacial score (nSPS) is 14.1. The van der Waals surface area contributed by atoms with E-state index in [2.05, 4.69) is 31.3 Å². The van der Waals surface area contributed by atoms with Crippen LogP contribution >= 0.6 is 15.9 Å². The summed E-state index contributed by atoms with van der Waals surface area (Å²) in [5, 5.41) is 11.5. The standard InChI is InChI=1S/C11H8BrN5O2/c1-16-14-8(13-15-16)5-17-9-6(10(18)11(17)19)3-2-4-7(9)12/h2-4H,5H2,1H3. The van der Waals surface area contributed by atoms with Crippen LogP contribution in [0.2, 0.25) is 0 Å². The fraction of sp³-hybridized carbons (Fsp3) is 0.182. The number of Topliss-reactive ketones (excluding diaryl/α,β-unsaturated/α-hetero) is 1. The molecular formula is C11H8BrN5O2. The first kappa shape index (κ1) is 12.0. The Morgan fingerprint density at radius 1 is 1.32 bits per heavy atom. The molecule has 8 heteroatoms. The minimum absolute atomic E-state index is 0.119. The van der Waals surface area contributed by atoms with Crippen molar-refractivity contribution in [3.05, 3.63) is 34.1 Å². The molecule has 1 aromatic carbocycles. The van der Waals surface area contributed by atoms with Gasteiger partial charge in [0.05, 0.1) is 24.8 Å². The monoisotopic (exact) mass is 321 g/mol. The average Bonchev–Trinajstić information content (AvgIpc) is 2.89. The Morgan fingerprint density at radius 2 is 2.11 bits per heavy atom. The van der Waals surface area contributed by atoms with Crippen LogP contribution in [0.15, 0.2) is 22.7 Å². The highest BCUT2D eigenvalue weighted by atomic mass is 79.9. The molecule has 96 valence electrons. The van der Waals surface area contributed by atoms with Crippen LogP contribution in [0.1, 0.15) is 16.2 Å². The minimum Gasteiger partial charge on any atom is -0.296 e. The zero-order chi connectivity index (χ0) is 13.6. The molecule has 0 saturated carbocycles. The Labute approximate surface area is 116 Å². The number of tetrazole rings is 1. The summed E-state index contributed by atoms with van der Waals surface area (Å²) >= 11 is 3.35. The van der Waals surface area contributed by atoms with Gasteiger partial charge in [0.1, 0.15) is 0 Å². The molecule has 0 radical (unpaired) electrons. The molecule has 0 unspecified atom stereocenters. The van der Waals surface area contributed by atoms with Gasteiger partial charge in [0, 0.05) is 4.47 Å². The van der Waals surface area contributed by atoms with Crippen LogP contribution in [0.4, 0.5) is 5.69 Å². The van der Waals surface area contributed by atoms with E-state index in [0.29, 0.717) is 21.5 Å². The fourth-order valence-corrected chi connectivity index (χ4v) is 2.57. The molecule has 2 aromatic rings. The van der Waals surface area contributed by atoms with Crippen LogP contribution in [0.3, 0.4) is 0 Å². The molecule has 1 aliphatic heterocycles. The predicted octanol–water partition coefficient (Wildman–Crippen LogP) is 0.702. The molecule has 7 nitrogen and oxygen atoms in total. The number of hydrogen-bond acceptors (Lipinski definition) is 5. The van der Waals surface area contributed by atoms with Crippen molar-refractivity contribution in [2.45, 2.75) is 6.54 Å². The summed E-state index contributed by atoms with van der Waals surface area (Å²) in [6, 6.07) is 5.13. The first-order valence-corrected chi connectivity index (χ1v) is 6.25. The molecule has 1 aliphatic rings. The van der Waals surface area contributed by atoms with Crippen molar-refractivity contribution in [3.63, 3.8) is 0 Å². The van der Waals surface area contributed by atoms with Crippen molar-refractivity contribution in [1.29, 1.82) is 0 Å². The summed E-state index contributed by atoms with van der Waals surface area (Å²) < 4.78 is 0.688. The summed E-state index contributed by atoms with van der Waals surface area (Å²) in [6.07, 6.45) is 0. The number of anilines is 1. The highest BCUT2D eigenvalue weighted by molar-refractivity contribution is 9.10. The highest BCUT2D eigenvalue weighted by Crippen LogP contribution is 2.36. The van der Waals surface area contributed by atoms with Crippen LogP contribution in [-0.4, -0.2) is 31.9 Å². The van der Waals surface area contributed by atoms with Crippen molar-refractivity contribution >= 4 is 33.3 Å². The van der Waals surface area contributed by atoms with E-state index >= 15 is 0 Å². The van der Waals surface area contributed by atoms with Gasteiger partial charge >= 0.3 is 0 Å². The van der Waals surface area contributed by atoms with Crippen LogP contribution in [0, 0.1) is 0 Å². The van der Waals surface area contributed by atoms with E-state index in [1.54, 1.807) is 25.2 Å². The van der Waals surface area contributed by atoms with E-state index in [9.17, 15) is 9.59 Å². The molecule has 0 N–H and O–H groups in total. The smallest absolute Gasteiger partial charge is 0.296 e. The van der Waals surface area contributed by atoms with Gasteiger partial charge < -0.3 is 0 Å². The van der Waals surface area contributed by atoms with Gasteiger partial charge in [-0.15, -0.1) is 10.2 Å². The third kappa shape index (κ3) is 1.84. The number of carbonyl (C=O) groups excluding carboxylic acids is 2. The average molecular weight is 322 g/mol. The molecule has 19 heavy (non-hydrogen) atoms. The lowest BCUT2D eigenvalue weighted by atomic mass is 10.1. The van der Waals surface area contributed by atoms with Crippen LogP contribution in [0.5, 0.6) is 0 Å². The molecule has 0 saturated heterocycles. The maximum absolute atomic E-state index is 12.0. The lowest BCUT2D eigenvalue weighted by molar-refractivity contribution is -0.114. The van der Waals surface area contributed by atoms with Gasteiger partial charge in [0.2, 0.25) is 0 Å². The molecule has 0 bridgehead atoms. The van der Waals surface area contributed by atoms with Gasteiger partial charge in [0.15, 0.2) is 5.82 Å². The number of halogens is 1. The number of aromatic nitrogens is 4. The zero-order valence-corrected chi connectivity index (χ0v) is 11.5. The second-order valence-electron chi connectivity index (χ2n) is 4.05. The third-order valence-corrected chi connectivity index (χ3v) is 3.43. The van der Waals surface area contributed by atoms with Gasteiger partial charge in [-0.25, -0.2) is 0 Å². The maximum Gasteiger partial charge on any atom is 0.299 e. The zero-order valence-electron chi connectivity index (χ0n) is 9.87. The van der Waals surface area contributed by atoms with Crippen LogP contribution in [-0.2, 0) is 18.4 Å². The summed E-state index contributed by atoms with van der Waals surface area (Å²) in [7, 11) is 1.64. The van der Waals surface area contributed by atoms with Gasteiger partial charge in [-0.05, 0) is 33.3 Å². The maximum atomic E-state index is 12.0. The van der Waals surface area contributed by atoms with Crippen molar-refractivity contribution in [1.82, 2.24) is 20.2 Å². The third-order valence-electron chi connectivity index (χ3n) is 2.79. The quantitative estimate of drug-likeness (QED) is 0.761. The van der Waals surface area contributed by atoms with Gasteiger partial charge in [0.25, 0.3) is 11.7 Å². The Hall–Kier alpha value is -2.09. The fourth-order valence-electron chi connectivity index (χ4n) is 1.99. The molecule has 3 rings (SSSR count). The van der Waals surface area contributed by atoms with Crippen LogP contribution < -0.4 is 4.90 Å². The first-order chi connectivity index (χ1) is 9.08. The van der Waals surface area contributed by atoms with Crippen LogP contribution in [0.25, 0.3) is 0 Å². The largest absolute Gasteiger partial charge is 0.299 e. The molecule has 0 aliphatic carbocycles. The first-order valence-electron chi connectivity index (χ1n) is 5.45. The van der Waals surface area contributed by atoms with Crippen molar-refractivity contribution < 1.29 is 9.59 Å². The molecule has 0 fully saturated rings. The number of rotatable bonds is 2. The minimum atomic E-state index is -0.575. The van der Waals surface area contributed by atoms with E-state index in [-0.39, 0.29) is 6.54 Å². The van der Waals surface area contributed by atoms with Crippen molar-refractivity contribution in [2.24, 2.45) is 7.05 Å². The van der Waals surface area contributed by atoms with E-state index < -0.39 is 11.7 Å². The number of benzene rings is 1. The number of para-hydroxylation sites is 1. The molecule has 1 amide bonds. The predicted molar refractivity (Wildman–Crippen MR) is 68.5 cm³/mol. The van der Waals surface area contributed by atoms with E-state index in [1.807, 2.05) is 0 Å². The number of hydrogen-bond donors (Lipinski definition) is 0. The number of amides is 1. The van der Waals surface area contributed by atoms with E-state index in [4.69, 9.17) is 0 Å². The Morgan fingerprint density at radius 3 is 2.79 bits per heavy atom. The topological polar surface area (TPSA) is 81.0 Å². The van der Waals surface area contributed by atoms with Gasteiger partial charge in [-0.3, -0.25) is 14.5 Å². The molecular weight excluding hydrogens is 314 g/mol. The Kier molecular flexibility index (Phi) is 2.67. The van der Waals surface area contributed by atoms with Gasteiger partial charge in [-0.2, -0.15) is 4.80 Å². The number of aryl methyl sites for hydroxylation is 1. The highest BCUT2D eigenvalue weighted by Gasteiger charge is 2.37.